The van der Waals surface area contributed by atoms with E-state index in [1.54, 1.807) is 36.4 Å². The SMILES string of the molecule is N#C/C(=C\c1cc(Cl)c(OCc2ccc(Cl)cc2Cl)c(Cl)c1)c1nc2ccccc2[nH]1. The molecular weight excluding hydrogens is 476 g/mol. The molecule has 0 unspecified atom stereocenters. The highest BCUT2D eigenvalue weighted by Gasteiger charge is 2.13. The Labute approximate surface area is 198 Å². The number of nitrogens with one attached hydrogen (secondary N) is 1. The first-order valence-electron chi connectivity index (χ1n) is 9.07. The van der Waals surface area contributed by atoms with Gasteiger partial charge in [0.05, 0.1) is 26.7 Å². The van der Waals surface area contributed by atoms with Crippen molar-refractivity contribution in [3.8, 4) is 11.8 Å². The lowest BCUT2D eigenvalue weighted by Gasteiger charge is -2.12. The number of aromatic nitrogens is 2. The summed E-state index contributed by atoms with van der Waals surface area (Å²) >= 11 is 24.9. The molecule has 1 N–H and O–H groups in total. The molecule has 4 rings (SSSR count). The third-order valence-electron chi connectivity index (χ3n) is 4.48. The molecule has 3 aromatic carbocycles. The number of rotatable bonds is 5. The molecule has 4 aromatic rings. The molecule has 1 aromatic heterocycles. The van der Waals surface area contributed by atoms with E-state index in [0.717, 1.165) is 16.6 Å². The average Bonchev–Trinajstić information content (AvgIpc) is 3.16. The van der Waals surface area contributed by atoms with Crippen LogP contribution in [-0.2, 0) is 6.61 Å². The second kappa shape index (κ2) is 9.21. The van der Waals surface area contributed by atoms with Crippen molar-refractivity contribution in [1.82, 2.24) is 9.97 Å². The third-order valence-corrected chi connectivity index (χ3v) is 5.63. The van der Waals surface area contributed by atoms with Gasteiger partial charge in [0.1, 0.15) is 18.5 Å². The van der Waals surface area contributed by atoms with E-state index in [-0.39, 0.29) is 6.61 Å². The summed E-state index contributed by atoms with van der Waals surface area (Å²) < 4.78 is 5.79. The maximum absolute atomic E-state index is 9.62. The second-order valence-corrected chi connectivity index (χ2v) is 8.27. The van der Waals surface area contributed by atoms with E-state index in [9.17, 15) is 5.26 Å². The molecule has 1 heterocycles. The maximum Gasteiger partial charge on any atom is 0.157 e. The fraction of sp³-hybridized carbons (Fsp3) is 0.0435. The van der Waals surface area contributed by atoms with Gasteiger partial charge < -0.3 is 9.72 Å². The van der Waals surface area contributed by atoms with Crippen molar-refractivity contribution in [3.63, 3.8) is 0 Å². The number of benzene rings is 3. The molecule has 0 amide bonds. The Morgan fingerprint density at radius 3 is 2.42 bits per heavy atom. The van der Waals surface area contributed by atoms with Gasteiger partial charge in [-0.05, 0) is 48.0 Å². The average molecular weight is 489 g/mol. The normalized spacial score (nSPS) is 11.5. The largest absolute Gasteiger partial charge is 0.486 e. The Morgan fingerprint density at radius 2 is 1.74 bits per heavy atom. The number of halogens is 4. The lowest BCUT2D eigenvalue weighted by molar-refractivity contribution is 0.306. The number of hydrogen-bond acceptors (Lipinski definition) is 3. The number of H-pyrrole nitrogens is 1. The molecule has 0 bridgehead atoms. The topological polar surface area (TPSA) is 61.7 Å². The Hall–Kier alpha value is -2.68. The van der Waals surface area contributed by atoms with E-state index in [1.165, 1.54) is 0 Å². The molecule has 8 heteroatoms. The van der Waals surface area contributed by atoms with Crippen LogP contribution in [0, 0.1) is 11.3 Å². The van der Waals surface area contributed by atoms with Crippen molar-refractivity contribution in [3.05, 3.63) is 91.6 Å². The van der Waals surface area contributed by atoms with Crippen LogP contribution in [0.1, 0.15) is 17.0 Å². The quantitative estimate of drug-likeness (QED) is 0.291. The van der Waals surface area contributed by atoms with Crippen LogP contribution in [0.25, 0.3) is 22.7 Å². The molecule has 0 aliphatic rings. The highest BCUT2D eigenvalue weighted by Crippen LogP contribution is 2.36. The number of nitriles is 1. The number of imidazole rings is 1. The fourth-order valence-electron chi connectivity index (χ4n) is 2.99. The standard InChI is InChI=1S/C23H13Cl4N3O/c24-16-6-5-14(17(25)10-16)12-31-22-18(26)8-13(9-19(22)27)7-15(11-28)23-29-20-3-1-2-4-21(20)30-23/h1-10H,12H2,(H,29,30)/b15-7+. The second-order valence-electron chi connectivity index (χ2n) is 6.61. The van der Waals surface area contributed by atoms with Gasteiger partial charge in [-0.15, -0.1) is 0 Å². The minimum Gasteiger partial charge on any atom is -0.486 e. The van der Waals surface area contributed by atoms with Gasteiger partial charge in [-0.1, -0.05) is 64.6 Å². The van der Waals surface area contributed by atoms with Gasteiger partial charge in [-0.2, -0.15) is 5.26 Å². The van der Waals surface area contributed by atoms with E-state index in [1.807, 2.05) is 24.3 Å². The summed E-state index contributed by atoms with van der Waals surface area (Å²) in [6.07, 6.45) is 1.66. The summed E-state index contributed by atoms with van der Waals surface area (Å²) in [6.45, 7) is 0.174. The van der Waals surface area contributed by atoms with Crippen LogP contribution in [0.15, 0.2) is 54.6 Å². The predicted molar refractivity (Wildman–Crippen MR) is 127 cm³/mol. The maximum atomic E-state index is 9.62. The van der Waals surface area contributed by atoms with Gasteiger partial charge in [0.25, 0.3) is 0 Å². The van der Waals surface area contributed by atoms with Crippen LogP contribution in [0.2, 0.25) is 20.1 Å². The van der Waals surface area contributed by atoms with Crippen molar-refractivity contribution in [2.24, 2.45) is 0 Å². The van der Waals surface area contributed by atoms with E-state index in [0.29, 0.717) is 42.8 Å². The predicted octanol–water partition coefficient (Wildman–Crippen LogP) is 7.82. The van der Waals surface area contributed by atoms with Crippen LogP contribution >= 0.6 is 46.4 Å². The zero-order chi connectivity index (χ0) is 22.0. The number of aromatic amines is 1. The molecule has 0 saturated carbocycles. The van der Waals surface area contributed by atoms with Crippen LogP contribution < -0.4 is 4.74 Å². The molecule has 0 aliphatic heterocycles. The molecule has 31 heavy (non-hydrogen) atoms. The Bertz CT molecular complexity index is 1300. The van der Waals surface area contributed by atoms with Crippen molar-refractivity contribution in [1.29, 1.82) is 5.26 Å². The summed E-state index contributed by atoms with van der Waals surface area (Å²) in [5.41, 5.74) is 3.37. The number of ether oxygens (including phenoxy) is 1. The first-order valence-corrected chi connectivity index (χ1v) is 10.6. The van der Waals surface area contributed by atoms with E-state index in [4.69, 9.17) is 51.1 Å². The Morgan fingerprint density at radius 1 is 1.00 bits per heavy atom. The lowest BCUT2D eigenvalue weighted by atomic mass is 10.1. The monoisotopic (exact) mass is 487 g/mol. The van der Waals surface area contributed by atoms with E-state index >= 15 is 0 Å². The molecule has 0 atom stereocenters. The van der Waals surface area contributed by atoms with Gasteiger partial charge in [0, 0.05) is 15.6 Å². The fourth-order valence-corrected chi connectivity index (χ4v) is 4.07. The summed E-state index contributed by atoms with van der Waals surface area (Å²) in [6, 6.07) is 18.2. The zero-order valence-electron chi connectivity index (χ0n) is 15.8. The zero-order valence-corrected chi connectivity index (χ0v) is 18.8. The highest BCUT2D eigenvalue weighted by molar-refractivity contribution is 6.37. The number of hydrogen-bond donors (Lipinski definition) is 1. The molecule has 0 spiro atoms. The Balaban J connectivity index is 1.60. The molecule has 0 aliphatic carbocycles. The molecular formula is C23H13Cl4N3O. The smallest absolute Gasteiger partial charge is 0.157 e. The number of para-hydroxylation sites is 2. The number of fused-ring (bicyclic) bond motifs is 1. The van der Waals surface area contributed by atoms with E-state index in [2.05, 4.69) is 16.0 Å². The molecule has 4 nitrogen and oxygen atoms in total. The third kappa shape index (κ3) is 4.81. The van der Waals surface area contributed by atoms with Crippen LogP contribution in [-0.4, -0.2) is 9.97 Å². The van der Waals surface area contributed by atoms with Gasteiger partial charge in [0.2, 0.25) is 0 Å². The minimum absolute atomic E-state index is 0.174. The lowest BCUT2D eigenvalue weighted by Crippen LogP contribution is -1.98. The summed E-state index contributed by atoms with van der Waals surface area (Å²) in [5, 5.41) is 11.3. The van der Waals surface area contributed by atoms with Crippen LogP contribution in [0.3, 0.4) is 0 Å². The Kier molecular flexibility index (Phi) is 6.41. The summed E-state index contributed by atoms with van der Waals surface area (Å²) in [5.74, 6) is 0.794. The first kappa shape index (κ1) is 21.5. The number of allylic oxidation sites excluding steroid dienone is 1. The van der Waals surface area contributed by atoms with Crippen molar-refractivity contribution >= 4 is 69.1 Å². The molecule has 0 radical (unpaired) electrons. The molecule has 154 valence electrons. The molecule has 0 fully saturated rings. The van der Waals surface area contributed by atoms with Crippen LogP contribution in [0.4, 0.5) is 0 Å². The number of nitrogens with zero attached hydrogens (tertiary/aromatic N) is 2. The minimum atomic E-state index is 0.174. The van der Waals surface area contributed by atoms with Crippen LogP contribution in [0.5, 0.6) is 5.75 Å². The molecule has 0 saturated heterocycles. The summed E-state index contributed by atoms with van der Waals surface area (Å²) in [7, 11) is 0. The highest BCUT2D eigenvalue weighted by atomic mass is 35.5. The summed E-state index contributed by atoms with van der Waals surface area (Å²) in [4.78, 5) is 7.60. The van der Waals surface area contributed by atoms with Gasteiger partial charge >= 0.3 is 0 Å². The van der Waals surface area contributed by atoms with Crippen molar-refractivity contribution in [2.75, 3.05) is 0 Å². The first-order chi connectivity index (χ1) is 14.9. The van der Waals surface area contributed by atoms with Crippen molar-refractivity contribution in [2.45, 2.75) is 6.61 Å². The van der Waals surface area contributed by atoms with E-state index < -0.39 is 0 Å². The van der Waals surface area contributed by atoms with Crippen molar-refractivity contribution < 1.29 is 4.74 Å². The van der Waals surface area contributed by atoms with Gasteiger partial charge in [-0.25, -0.2) is 4.98 Å². The van der Waals surface area contributed by atoms with Gasteiger partial charge in [0.15, 0.2) is 5.75 Å². The van der Waals surface area contributed by atoms with Gasteiger partial charge in [-0.3, -0.25) is 0 Å².